The van der Waals surface area contributed by atoms with Crippen LogP contribution in [-0.4, -0.2) is 32.2 Å². The van der Waals surface area contributed by atoms with E-state index in [1.165, 1.54) is 5.56 Å². The summed E-state index contributed by atoms with van der Waals surface area (Å²) in [5.41, 5.74) is 1.47. The molecule has 3 aromatic carbocycles. The Morgan fingerprint density at radius 1 is 0.871 bits per heavy atom. The molecule has 0 saturated heterocycles. The third-order valence-corrected chi connectivity index (χ3v) is 5.38. The molecule has 0 fully saturated rings. The summed E-state index contributed by atoms with van der Waals surface area (Å²) in [7, 11) is 3.81. The van der Waals surface area contributed by atoms with E-state index in [2.05, 4.69) is 24.1 Å². The number of rotatable bonds is 9. The summed E-state index contributed by atoms with van der Waals surface area (Å²) in [6, 6.07) is 21.4. The number of hydrogen-bond acceptors (Lipinski definition) is 5. The largest absolute Gasteiger partial charge is 0.497 e. The fourth-order valence-electron chi connectivity index (χ4n) is 3.79. The van der Waals surface area contributed by atoms with E-state index in [4.69, 9.17) is 13.9 Å². The minimum atomic E-state index is -0.320. The van der Waals surface area contributed by atoms with Gasteiger partial charge in [-0.05, 0) is 67.7 Å². The monoisotopic (exact) mass is 417 g/mol. The van der Waals surface area contributed by atoms with Crippen LogP contribution < -0.4 is 15.1 Å². The molecule has 0 aliphatic carbocycles. The van der Waals surface area contributed by atoms with Crippen LogP contribution in [-0.2, 0) is 6.54 Å². The van der Waals surface area contributed by atoms with E-state index in [-0.39, 0.29) is 5.63 Å². The Balaban J connectivity index is 1.28. The lowest BCUT2D eigenvalue weighted by Crippen LogP contribution is -2.19. The molecular weight excluding hydrogens is 390 g/mol. The van der Waals surface area contributed by atoms with Gasteiger partial charge in [-0.3, -0.25) is 0 Å². The molecule has 1 aromatic heterocycles. The Hall–Kier alpha value is -3.31. The Morgan fingerprint density at radius 3 is 2.55 bits per heavy atom. The van der Waals surface area contributed by atoms with Crippen LogP contribution in [0.3, 0.4) is 0 Å². The van der Waals surface area contributed by atoms with E-state index >= 15 is 0 Å². The van der Waals surface area contributed by atoms with Crippen molar-refractivity contribution >= 4 is 21.7 Å². The molecule has 0 aliphatic heterocycles. The van der Waals surface area contributed by atoms with Crippen LogP contribution in [0.15, 0.2) is 75.9 Å². The standard InChI is InChI=1S/C26H27NO4/c1-27(18-19-8-7-9-20(16-19)29-2)14-5-6-15-30-21-12-13-23-22-10-3-4-11-24(22)26(28)31-25(23)17-21/h3-4,7-13,16-17H,5-6,14-15,18H2,1-2H3. The predicted molar refractivity (Wildman–Crippen MR) is 124 cm³/mol. The van der Waals surface area contributed by atoms with Crippen molar-refractivity contribution in [2.45, 2.75) is 19.4 Å². The first kappa shape index (κ1) is 20.9. The molecule has 31 heavy (non-hydrogen) atoms. The average Bonchev–Trinajstić information content (AvgIpc) is 2.79. The molecule has 0 atom stereocenters. The second-order valence-corrected chi connectivity index (χ2v) is 7.74. The van der Waals surface area contributed by atoms with Crippen LogP contribution in [0, 0.1) is 0 Å². The molecule has 0 radical (unpaired) electrons. The van der Waals surface area contributed by atoms with Gasteiger partial charge in [-0.25, -0.2) is 4.79 Å². The number of fused-ring (bicyclic) bond motifs is 3. The highest BCUT2D eigenvalue weighted by molar-refractivity contribution is 6.04. The van der Waals surface area contributed by atoms with E-state index in [1.807, 2.05) is 42.5 Å². The third-order valence-electron chi connectivity index (χ3n) is 5.38. The zero-order valence-electron chi connectivity index (χ0n) is 18.0. The quantitative estimate of drug-likeness (QED) is 0.212. The zero-order chi connectivity index (χ0) is 21.6. The van der Waals surface area contributed by atoms with Crippen molar-refractivity contribution in [3.8, 4) is 11.5 Å². The van der Waals surface area contributed by atoms with Crippen LogP contribution in [0.4, 0.5) is 0 Å². The smallest absolute Gasteiger partial charge is 0.344 e. The molecule has 4 rings (SSSR count). The first-order chi connectivity index (χ1) is 15.1. The zero-order valence-corrected chi connectivity index (χ0v) is 18.0. The Labute approximate surface area is 181 Å². The number of benzene rings is 3. The van der Waals surface area contributed by atoms with Gasteiger partial charge in [0.1, 0.15) is 17.1 Å². The van der Waals surface area contributed by atoms with Crippen LogP contribution >= 0.6 is 0 Å². The van der Waals surface area contributed by atoms with Gasteiger partial charge in [0.05, 0.1) is 19.1 Å². The summed E-state index contributed by atoms with van der Waals surface area (Å²) in [6.45, 7) is 2.49. The number of unbranched alkanes of at least 4 members (excludes halogenated alkanes) is 1. The summed E-state index contributed by atoms with van der Waals surface area (Å²) in [6.07, 6.45) is 1.98. The minimum Gasteiger partial charge on any atom is -0.497 e. The number of ether oxygens (including phenoxy) is 2. The highest BCUT2D eigenvalue weighted by Gasteiger charge is 2.08. The van der Waals surface area contributed by atoms with Crippen LogP contribution in [0.2, 0.25) is 0 Å². The van der Waals surface area contributed by atoms with Crippen LogP contribution in [0.1, 0.15) is 18.4 Å². The molecule has 0 spiro atoms. The molecule has 160 valence electrons. The van der Waals surface area contributed by atoms with E-state index < -0.39 is 0 Å². The van der Waals surface area contributed by atoms with Gasteiger partial charge in [-0.15, -0.1) is 0 Å². The summed E-state index contributed by atoms with van der Waals surface area (Å²) < 4.78 is 16.7. The maximum absolute atomic E-state index is 12.2. The fourth-order valence-corrected chi connectivity index (χ4v) is 3.79. The maximum Gasteiger partial charge on any atom is 0.344 e. The Kier molecular flexibility index (Phi) is 6.53. The van der Waals surface area contributed by atoms with Crippen LogP contribution in [0.25, 0.3) is 21.7 Å². The number of methoxy groups -OCH3 is 1. The first-order valence-electron chi connectivity index (χ1n) is 10.5. The van der Waals surface area contributed by atoms with E-state index in [0.29, 0.717) is 17.6 Å². The van der Waals surface area contributed by atoms with Gasteiger partial charge in [0, 0.05) is 18.0 Å². The lowest BCUT2D eigenvalue weighted by Gasteiger charge is -2.17. The predicted octanol–water partition coefficient (Wildman–Crippen LogP) is 5.25. The normalized spacial score (nSPS) is 11.3. The average molecular weight is 418 g/mol. The second-order valence-electron chi connectivity index (χ2n) is 7.74. The molecule has 5 nitrogen and oxygen atoms in total. The molecule has 0 bridgehead atoms. The molecule has 0 N–H and O–H groups in total. The van der Waals surface area contributed by atoms with Crippen molar-refractivity contribution in [1.82, 2.24) is 4.90 Å². The maximum atomic E-state index is 12.2. The lowest BCUT2D eigenvalue weighted by atomic mass is 10.1. The molecule has 5 heteroatoms. The van der Waals surface area contributed by atoms with Gasteiger partial charge >= 0.3 is 5.63 Å². The van der Waals surface area contributed by atoms with Crippen molar-refractivity contribution in [2.24, 2.45) is 0 Å². The van der Waals surface area contributed by atoms with E-state index in [0.717, 1.165) is 48.2 Å². The fraction of sp³-hybridized carbons (Fsp3) is 0.269. The van der Waals surface area contributed by atoms with Gasteiger partial charge in [-0.2, -0.15) is 0 Å². The molecular formula is C26H27NO4. The van der Waals surface area contributed by atoms with E-state index in [1.54, 1.807) is 19.2 Å². The lowest BCUT2D eigenvalue weighted by molar-refractivity contribution is 0.275. The number of hydrogen-bond donors (Lipinski definition) is 0. The molecule has 0 saturated carbocycles. The molecule has 0 aliphatic rings. The van der Waals surface area contributed by atoms with Crippen molar-refractivity contribution in [3.63, 3.8) is 0 Å². The topological polar surface area (TPSA) is 51.9 Å². The summed E-state index contributed by atoms with van der Waals surface area (Å²) in [5, 5.41) is 2.42. The third kappa shape index (κ3) is 5.06. The Morgan fingerprint density at radius 2 is 1.71 bits per heavy atom. The van der Waals surface area contributed by atoms with Crippen molar-refractivity contribution in [2.75, 3.05) is 27.3 Å². The van der Waals surface area contributed by atoms with E-state index in [9.17, 15) is 4.79 Å². The van der Waals surface area contributed by atoms with Gasteiger partial charge < -0.3 is 18.8 Å². The van der Waals surface area contributed by atoms with Gasteiger partial charge in [0.15, 0.2) is 0 Å². The molecule has 1 heterocycles. The van der Waals surface area contributed by atoms with Crippen LogP contribution in [0.5, 0.6) is 11.5 Å². The first-order valence-corrected chi connectivity index (χ1v) is 10.5. The molecule has 0 amide bonds. The molecule has 4 aromatic rings. The van der Waals surface area contributed by atoms with Gasteiger partial charge in [0.2, 0.25) is 0 Å². The second kappa shape index (κ2) is 9.67. The summed E-state index contributed by atoms with van der Waals surface area (Å²) >= 11 is 0. The highest BCUT2D eigenvalue weighted by atomic mass is 16.5. The van der Waals surface area contributed by atoms with Gasteiger partial charge in [0.25, 0.3) is 0 Å². The summed E-state index contributed by atoms with van der Waals surface area (Å²) in [5.74, 6) is 1.61. The Bertz CT molecular complexity index is 1230. The van der Waals surface area contributed by atoms with Gasteiger partial charge in [-0.1, -0.05) is 30.3 Å². The van der Waals surface area contributed by atoms with Crippen molar-refractivity contribution < 1.29 is 13.9 Å². The molecule has 0 unspecified atom stereocenters. The van der Waals surface area contributed by atoms with Crippen molar-refractivity contribution in [1.29, 1.82) is 0 Å². The number of nitrogens with zero attached hydrogens (tertiary/aromatic N) is 1. The highest BCUT2D eigenvalue weighted by Crippen LogP contribution is 2.26. The SMILES string of the molecule is COc1cccc(CN(C)CCCCOc2ccc3c(c2)oc(=O)c2ccccc23)c1. The summed E-state index contributed by atoms with van der Waals surface area (Å²) in [4.78, 5) is 14.5. The van der Waals surface area contributed by atoms with Crippen molar-refractivity contribution in [3.05, 3.63) is 82.7 Å². The minimum absolute atomic E-state index is 0.320.